The van der Waals surface area contributed by atoms with Crippen LogP contribution in [0.1, 0.15) is 11.3 Å². The normalized spacial score (nSPS) is 11.2. The molecule has 0 aliphatic rings. The second-order valence-corrected chi connectivity index (χ2v) is 4.89. The Balaban J connectivity index is 1.93. The van der Waals surface area contributed by atoms with E-state index in [1.807, 2.05) is 0 Å². The molecule has 1 heterocycles. The van der Waals surface area contributed by atoms with Gasteiger partial charge in [-0.1, -0.05) is 6.07 Å². The van der Waals surface area contributed by atoms with Gasteiger partial charge in [0.1, 0.15) is 11.4 Å². The van der Waals surface area contributed by atoms with Crippen molar-refractivity contribution in [3.63, 3.8) is 0 Å². The van der Waals surface area contributed by atoms with E-state index in [-0.39, 0.29) is 24.7 Å². The fourth-order valence-corrected chi connectivity index (χ4v) is 1.92. The van der Waals surface area contributed by atoms with Crippen molar-refractivity contribution in [3.8, 4) is 0 Å². The van der Waals surface area contributed by atoms with Crippen LogP contribution < -0.4 is 10.6 Å². The van der Waals surface area contributed by atoms with E-state index in [1.165, 1.54) is 6.07 Å². The molecule has 1 aromatic heterocycles. The van der Waals surface area contributed by atoms with Crippen LogP contribution in [0.2, 0.25) is 0 Å². The number of nitro groups is 1. The minimum absolute atomic E-state index is 0.0645. The molecular weight excluding hydrogens is 327 g/mol. The van der Waals surface area contributed by atoms with E-state index in [0.29, 0.717) is 5.69 Å². The fraction of sp³-hybridized carbons (Fsp3) is 0.286. The van der Waals surface area contributed by atoms with E-state index in [4.69, 9.17) is 0 Å². The molecule has 2 N–H and O–H groups in total. The maximum absolute atomic E-state index is 12.5. The van der Waals surface area contributed by atoms with Crippen LogP contribution in [-0.2, 0) is 6.18 Å². The predicted molar refractivity (Wildman–Crippen MR) is 81.8 cm³/mol. The Labute approximate surface area is 135 Å². The SMILES string of the molecule is Cc1ccc(NCCNc2nccc(C(F)(F)F)n2)c([N+](=O)[O-])c1. The minimum atomic E-state index is -4.54. The van der Waals surface area contributed by atoms with E-state index in [2.05, 4.69) is 20.6 Å². The van der Waals surface area contributed by atoms with Crippen LogP contribution in [0.15, 0.2) is 30.5 Å². The zero-order valence-corrected chi connectivity index (χ0v) is 12.6. The summed E-state index contributed by atoms with van der Waals surface area (Å²) in [6, 6.07) is 5.51. The Bertz CT molecular complexity index is 737. The molecule has 0 bridgehead atoms. The first-order chi connectivity index (χ1) is 11.3. The van der Waals surface area contributed by atoms with E-state index >= 15 is 0 Å². The number of hydrogen-bond acceptors (Lipinski definition) is 6. The number of halogens is 3. The van der Waals surface area contributed by atoms with Crippen LogP contribution in [-0.4, -0.2) is 28.0 Å². The Kier molecular flexibility index (Phi) is 5.17. The van der Waals surface area contributed by atoms with Crippen molar-refractivity contribution in [2.45, 2.75) is 13.1 Å². The predicted octanol–water partition coefficient (Wildman–Crippen LogP) is 3.24. The molecule has 0 radical (unpaired) electrons. The van der Waals surface area contributed by atoms with Gasteiger partial charge >= 0.3 is 6.18 Å². The maximum atomic E-state index is 12.5. The highest BCUT2D eigenvalue weighted by atomic mass is 19.4. The molecular formula is C14H14F3N5O2. The number of nitro benzene ring substituents is 1. The molecule has 0 amide bonds. The molecule has 0 saturated heterocycles. The van der Waals surface area contributed by atoms with Gasteiger partial charge in [-0.3, -0.25) is 10.1 Å². The summed E-state index contributed by atoms with van der Waals surface area (Å²) in [5.74, 6) is -0.162. The summed E-state index contributed by atoms with van der Waals surface area (Å²) in [7, 11) is 0. The molecule has 0 aliphatic heterocycles. The highest BCUT2D eigenvalue weighted by Crippen LogP contribution is 2.27. The van der Waals surface area contributed by atoms with Crippen molar-refractivity contribution in [1.82, 2.24) is 9.97 Å². The molecule has 24 heavy (non-hydrogen) atoms. The smallest absolute Gasteiger partial charge is 0.378 e. The molecule has 0 unspecified atom stereocenters. The molecule has 128 valence electrons. The Hall–Kier alpha value is -2.91. The Morgan fingerprint density at radius 2 is 1.92 bits per heavy atom. The number of aryl methyl sites for hydroxylation is 1. The van der Waals surface area contributed by atoms with Gasteiger partial charge in [-0.2, -0.15) is 13.2 Å². The first-order valence-electron chi connectivity index (χ1n) is 6.90. The van der Waals surface area contributed by atoms with Gasteiger partial charge in [0, 0.05) is 25.4 Å². The van der Waals surface area contributed by atoms with E-state index in [0.717, 1.165) is 17.8 Å². The summed E-state index contributed by atoms with van der Waals surface area (Å²) in [5, 5.41) is 16.5. The molecule has 1 aromatic carbocycles. The number of alkyl halides is 3. The summed E-state index contributed by atoms with van der Waals surface area (Å²) in [6.07, 6.45) is -3.53. The van der Waals surface area contributed by atoms with Crippen LogP contribution in [0.5, 0.6) is 0 Å². The molecule has 2 aromatic rings. The van der Waals surface area contributed by atoms with Crippen LogP contribution >= 0.6 is 0 Å². The zero-order chi connectivity index (χ0) is 17.7. The fourth-order valence-electron chi connectivity index (χ4n) is 1.92. The number of nitrogens with zero attached hydrogens (tertiary/aromatic N) is 3. The largest absolute Gasteiger partial charge is 0.433 e. The minimum Gasteiger partial charge on any atom is -0.378 e. The molecule has 7 nitrogen and oxygen atoms in total. The van der Waals surface area contributed by atoms with Crippen molar-refractivity contribution in [2.75, 3.05) is 23.7 Å². The zero-order valence-electron chi connectivity index (χ0n) is 12.6. The third-order valence-electron chi connectivity index (χ3n) is 3.02. The quantitative estimate of drug-likeness (QED) is 0.476. The molecule has 0 saturated carbocycles. The van der Waals surface area contributed by atoms with Crippen LogP contribution in [0.25, 0.3) is 0 Å². The van der Waals surface area contributed by atoms with Gasteiger partial charge in [0.05, 0.1) is 4.92 Å². The second-order valence-electron chi connectivity index (χ2n) is 4.89. The number of hydrogen-bond donors (Lipinski definition) is 2. The van der Waals surface area contributed by atoms with Gasteiger partial charge in [-0.25, -0.2) is 9.97 Å². The first-order valence-corrected chi connectivity index (χ1v) is 6.90. The maximum Gasteiger partial charge on any atom is 0.433 e. The van der Waals surface area contributed by atoms with Gasteiger partial charge < -0.3 is 10.6 Å². The molecule has 0 aliphatic carbocycles. The van der Waals surface area contributed by atoms with E-state index < -0.39 is 16.8 Å². The van der Waals surface area contributed by atoms with Crippen LogP contribution in [0.3, 0.4) is 0 Å². The van der Waals surface area contributed by atoms with Gasteiger partial charge in [0.15, 0.2) is 0 Å². The van der Waals surface area contributed by atoms with Gasteiger partial charge in [-0.05, 0) is 24.6 Å². The standard InChI is InChI=1S/C14H14F3N5O2/c1-9-2-3-10(11(8-9)22(23)24)18-6-7-20-13-19-5-4-12(21-13)14(15,16)17/h2-5,8,18H,6-7H2,1H3,(H,19,20,21). The van der Waals surface area contributed by atoms with Crippen LogP contribution in [0.4, 0.5) is 30.5 Å². The van der Waals surface area contributed by atoms with Crippen molar-refractivity contribution < 1.29 is 18.1 Å². The Morgan fingerprint density at radius 3 is 2.58 bits per heavy atom. The third kappa shape index (κ3) is 4.54. The summed E-state index contributed by atoms with van der Waals surface area (Å²) in [4.78, 5) is 17.5. The van der Waals surface area contributed by atoms with Gasteiger partial charge in [-0.15, -0.1) is 0 Å². The number of aromatic nitrogens is 2. The summed E-state index contributed by atoms with van der Waals surface area (Å²) < 4.78 is 37.6. The number of anilines is 2. The van der Waals surface area contributed by atoms with Crippen molar-refractivity contribution in [2.24, 2.45) is 0 Å². The average Bonchev–Trinajstić information content (AvgIpc) is 2.52. The van der Waals surface area contributed by atoms with Gasteiger partial charge in [0.25, 0.3) is 5.69 Å². The third-order valence-corrected chi connectivity index (χ3v) is 3.02. The van der Waals surface area contributed by atoms with E-state index in [9.17, 15) is 23.3 Å². The Morgan fingerprint density at radius 1 is 1.21 bits per heavy atom. The summed E-state index contributed by atoms with van der Waals surface area (Å²) >= 11 is 0. The second kappa shape index (κ2) is 7.11. The lowest BCUT2D eigenvalue weighted by Crippen LogP contribution is -2.17. The molecule has 0 fully saturated rings. The lowest BCUT2D eigenvalue weighted by Gasteiger charge is -2.10. The number of benzene rings is 1. The highest BCUT2D eigenvalue weighted by Gasteiger charge is 2.32. The van der Waals surface area contributed by atoms with Gasteiger partial charge in [0.2, 0.25) is 5.95 Å². The van der Waals surface area contributed by atoms with Crippen molar-refractivity contribution >= 4 is 17.3 Å². The lowest BCUT2D eigenvalue weighted by molar-refractivity contribution is -0.384. The molecule has 10 heteroatoms. The monoisotopic (exact) mass is 341 g/mol. The van der Waals surface area contributed by atoms with E-state index in [1.54, 1.807) is 19.1 Å². The van der Waals surface area contributed by atoms with Crippen molar-refractivity contribution in [3.05, 3.63) is 51.8 Å². The molecule has 0 atom stereocenters. The van der Waals surface area contributed by atoms with Crippen molar-refractivity contribution in [1.29, 1.82) is 0 Å². The number of rotatable bonds is 6. The topological polar surface area (TPSA) is 93.0 Å². The summed E-state index contributed by atoms with van der Waals surface area (Å²) in [6.45, 7) is 2.17. The molecule has 0 spiro atoms. The first kappa shape index (κ1) is 17.4. The number of nitrogens with one attached hydrogen (secondary N) is 2. The molecule has 2 rings (SSSR count). The average molecular weight is 341 g/mol. The highest BCUT2D eigenvalue weighted by molar-refractivity contribution is 5.62. The summed E-state index contributed by atoms with van der Waals surface area (Å²) in [5.41, 5.74) is -0.0208. The van der Waals surface area contributed by atoms with Crippen LogP contribution in [0, 0.1) is 17.0 Å². The lowest BCUT2D eigenvalue weighted by atomic mass is 10.2.